The Labute approximate surface area is 176 Å². The number of fused-ring (bicyclic) bond motifs is 1. The summed E-state index contributed by atoms with van der Waals surface area (Å²) in [6, 6.07) is 11.7. The first-order valence-corrected chi connectivity index (χ1v) is 9.93. The zero-order valence-corrected chi connectivity index (χ0v) is 16.8. The molecule has 8 nitrogen and oxygen atoms in total. The van der Waals surface area contributed by atoms with Crippen molar-refractivity contribution >= 4 is 40.5 Å². The Balaban J connectivity index is 1.51. The molecule has 0 atom stereocenters. The van der Waals surface area contributed by atoms with Gasteiger partial charge in [-0.15, -0.1) is 11.3 Å². The number of benzene rings is 2. The van der Waals surface area contributed by atoms with E-state index in [9.17, 15) is 14.4 Å². The van der Waals surface area contributed by atoms with E-state index in [1.54, 1.807) is 41.9 Å². The van der Waals surface area contributed by atoms with Crippen molar-refractivity contribution in [3.63, 3.8) is 0 Å². The third kappa shape index (κ3) is 4.01. The largest absolute Gasteiger partial charge is 0.482 e. The van der Waals surface area contributed by atoms with Gasteiger partial charge in [0.25, 0.3) is 5.91 Å². The molecule has 152 valence electrons. The summed E-state index contributed by atoms with van der Waals surface area (Å²) in [5.74, 6) is -0.613. The van der Waals surface area contributed by atoms with Crippen LogP contribution in [-0.2, 0) is 14.3 Å². The van der Waals surface area contributed by atoms with Gasteiger partial charge in [-0.05, 0) is 42.5 Å². The molecule has 1 aromatic heterocycles. The van der Waals surface area contributed by atoms with Crippen LogP contribution in [0, 0.1) is 0 Å². The van der Waals surface area contributed by atoms with Crippen molar-refractivity contribution in [1.82, 2.24) is 4.98 Å². The minimum absolute atomic E-state index is 0.135. The summed E-state index contributed by atoms with van der Waals surface area (Å²) in [6.07, 6.45) is 0. The number of methoxy groups -OCH3 is 1. The van der Waals surface area contributed by atoms with E-state index in [4.69, 9.17) is 4.74 Å². The number of carbonyl (C=O) groups excluding carboxylic acids is 3. The first-order chi connectivity index (χ1) is 14.5. The SMILES string of the molecule is COC(=O)c1ccc(NC(=O)CN2C(=O)COc3ccc(-c4cscn4)cc32)cc1. The number of ether oxygens (including phenoxy) is 2. The maximum atomic E-state index is 12.6. The lowest BCUT2D eigenvalue weighted by Crippen LogP contribution is -2.43. The van der Waals surface area contributed by atoms with Gasteiger partial charge in [0, 0.05) is 16.6 Å². The van der Waals surface area contributed by atoms with Gasteiger partial charge in [0.15, 0.2) is 6.61 Å². The predicted octanol–water partition coefficient (Wildman–Crippen LogP) is 2.96. The van der Waals surface area contributed by atoms with Gasteiger partial charge in [0.1, 0.15) is 12.3 Å². The molecule has 0 fully saturated rings. The minimum Gasteiger partial charge on any atom is -0.482 e. The van der Waals surface area contributed by atoms with Crippen molar-refractivity contribution < 1.29 is 23.9 Å². The van der Waals surface area contributed by atoms with Gasteiger partial charge < -0.3 is 14.8 Å². The van der Waals surface area contributed by atoms with E-state index in [1.165, 1.54) is 23.3 Å². The highest BCUT2D eigenvalue weighted by molar-refractivity contribution is 7.07. The van der Waals surface area contributed by atoms with Crippen LogP contribution in [0.3, 0.4) is 0 Å². The molecular formula is C21H17N3O5S. The molecule has 0 spiro atoms. The smallest absolute Gasteiger partial charge is 0.337 e. The first-order valence-electron chi connectivity index (χ1n) is 8.99. The number of esters is 1. The Kier molecular flexibility index (Phi) is 5.44. The quantitative estimate of drug-likeness (QED) is 0.634. The first kappa shape index (κ1) is 19.6. The number of hydrogen-bond acceptors (Lipinski definition) is 7. The van der Waals surface area contributed by atoms with E-state index in [-0.39, 0.29) is 25.0 Å². The van der Waals surface area contributed by atoms with E-state index in [0.29, 0.717) is 22.7 Å². The molecule has 0 bridgehead atoms. The number of nitrogens with zero attached hydrogens (tertiary/aromatic N) is 2. The Morgan fingerprint density at radius 1 is 1.23 bits per heavy atom. The number of thiazole rings is 1. The molecule has 0 saturated heterocycles. The molecule has 9 heteroatoms. The minimum atomic E-state index is -0.459. The number of aromatic nitrogens is 1. The van der Waals surface area contributed by atoms with Gasteiger partial charge in [-0.1, -0.05) is 0 Å². The lowest BCUT2D eigenvalue weighted by atomic mass is 10.1. The monoisotopic (exact) mass is 423 g/mol. The third-order valence-electron chi connectivity index (χ3n) is 4.52. The molecule has 0 aliphatic carbocycles. The van der Waals surface area contributed by atoms with E-state index in [2.05, 4.69) is 15.0 Å². The van der Waals surface area contributed by atoms with Crippen LogP contribution < -0.4 is 15.0 Å². The third-order valence-corrected chi connectivity index (χ3v) is 5.11. The predicted molar refractivity (Wildman–Crippen MR) is 112 cm³/mol. The molecule has 0 unspecified atom stereocenters. The van der Waals surface area contributed by atoms with Crippen LogP contribution in [-0.4, -0.2) is 43.0 Å². The summed E-state index contributed by atoms with van der Waals surface area (Å²) in [4.78, 5) is 42.2. The molecule has 3 aromatic rings. The zero-order chi connectivity index (χ0) is 21.1. The lowest BCUT2D eigenvalue weighted by molar-refractivity contribution is -0.123. The highest BCUT2D eigenvalue weighted by Crippen LogP contribution is 2.36. The van der Waals surface area contributed by atoms with Crippen molar-refractivity contribution in [2.75, 3.05) is 30.5 Å². The summed E-state index contributed by atoms with van der Waals surface area (Å²) < 4.78 is 10.2. The normalized spacial score (nSPS) is 12.7. The average Bonchev–Trinajstić information content (AvgIpc) is 3.30. The van der Waals surface area contributed by atoms with E-state index in [0.717, 1.165) is 11.3 Å². The fraction of sp³-hybridized carbons (Fsp3) is 0.143. The molecule has 1 aliphatic heterocycles. The summed E-state index contributed by atoms with van der Waals surface area (Å²) in [6.45, 7) is -0.307. The molecule has 1 aliphatic rings. The maximum Gasteiger partial charge on any atom is 0.337 e. The van der Waals surface area contributed by atoms with E-state index < -0.39 is 5.97 Å². The number of hydrogen-bond donors (Lipinski definition) is 1. The molecular weight excluding hydrogens is 406 g/mol. The van der Waals surface area contributed by atoms with Gasteiger partial charge in [0.2, 0.25) is 5.91 Å². The molecule has 2 heterocycles. The number of amides is 2. The van der Waals surface area contributed by atoms with Crippen LogP contribution in [0.1, 0.15) is 10.4 Å². The molecule has 30 heavy (non-hydrogen) atoms. The number of anilines is 2. The van der Waals surface area contributed by atoms with E-state index in [1.807, 2.05) is 11.4 Å². The fourth-order valence-electron chi connectivity index (χ4n) is 3.04. The molecule has 2 amide bonds. The molecule has 2 aromatic carbocycles. The summed E-state index contributed by atoms with van der Waals surface area (Å²) >= 11 is 1.47. The van der Waals surface area contributed by atoms with Crippen molar-refractivity contribution in [2.24, 2.45) is 0 Å². The van der Waals surface area contributed by atoms with Crippen molar-refractivity contribution in [2.45, 2.75) is 0 Å². The lowest BCUT2D eigenvalue weighted by Gasteiger charge is -2.29. The van der Waals surface area contributed by atoms with Gasteiger partial charge >= 0.3 is 5.97 Å². The number of nitrogens with one attached hydrogen (secondary N) is 1. The summed E-state index contributed by atoms with van der Waals surface area (Å²) in [7, 11) is 1.30. The van der Waals surface area contributed by atoms with Crippen LogP contribution in [0.2, 0.25) is 0 Å². The van der Waals surface area contributed by atoms with Crippen molar-refractivity contribution in [3.8, 4) is 17.0 Å². The fourth-order valence-corrected chi connectivity index (χ4v) is 3.60. The van der Waals surface area contributed by atoms with Crippen LogP contribution in [0.25, 0.3) is 11.3 Å². The van der Waals surface area contributed by atoms with Crippen molar-refractivity contribution in [1.29, 1.82) is 0 Å². The Bertz CT molecular complexity index is 1100. The highest BCUT2D eigenvalue weighted by Gasteiger charge is 2.28. The van der Waals surface area contributed by atoms with Gasteiger partial charge in [-0.2, -0.15) is 0 Å². The van der Waals surface area contributed by atoms with Crippen LogP contribution in [0.5, 0.6) is 5.75 Å². The zero-order valence-electron chi connectivity index (χ0n) is 16.0. The second-order valence-corrected chi connectivity index (χ2v) is 7.16. The number of carbonyl (C=O) groups is 3. The Morgan fingerprint density at radius 2 is 2.03 bits per heavy atom. The molecule has 0 radical (unpaired) electrons. The molecule has 4 rings (SSSR count). The summed E-state index contributed by atoms with van der Waals surface area (Å²) in [5.41, 5.74) is 4.75. The molecule has 0 saturated carbocycles. The van der Waals surface area contributed by atoms with Gasteiger partial charge in [-0.25, -0.2) is 9.78 Å². The molecule has 1 N–H and O–H groups in total. The van der Waals surface area contributed by atoms with Crippen LogP contribution in [0.15, 0.2) is 53.4 Å². The maximum absolute atomic E-state index is 12.6. The van der Waals surface area contributed by atoms with Gasteiger partial charge in [0.05, 0.1) is 29.6 Å². The average molecular weight is 423 g/mol. The Hall–Kier alpha value is -3.72. The van der Waals surface area contributed by atoms with Crippen molar-refractivity contribution in [3.05, 3.63) is 58.9 Å². The Morgan fingerprint density at radius 3 is 2.73 bits per heavy atom. The van der Waals surface area contributed by atoms with E-state index >= 15 is 0 Å². The standard InChI is InChI=1S/C21H17N3O5S/c1-28-21(27)13-2-5-15(6-3-13)23-19(25)9-24-17-8-14(16-11-30-12-22-16)4-7-18(17)29-10-20(24)26/h2-8,11-12H,9-10H2,1H3,(H,23,25). The number of rotatable bonds is 5. The van der Waals surface area contributed by atoms with Crippen LogP contribution >= 0.6 is 11.3 Å². The second-order valence-electron chi connectivity index (χ2n) is 6.44. The second kappa shape index (κ2) is 8.34. The van der Waals surface area contributed by atoms with Crippen LogP contribution in [0.4, 0.5) is 11.4 Å². The topological polar surface area (TPSA) is 97.8 Å². The highest BCUT2D eigenvalue weighted by atomic mass is 32.1. The summed E-state index contributed by atoms with van der Waals surface area (Å²) in [5, 5.41) is 4.64. The van der Waals surface area contributed by atoms with Gasteiger partial charge in [-0.3, -0.25) is 14.5 Å².